The third-order valence-corrected chi connectivity index (χ3v) is 3.10. The lowest BCUT2D eigenvalue weighted by atomic mass is 9.93. The normalized spacial score (nSPS) is 13.6. The third-order valence-electron chi connectivity index (χ3n) is 2.85. The number of hydrogen-bond acceptors (Lipinski definition) is 1. The van der Waals surface area contributed by atoms with E-state index in [1.165, 1.54) is 0 Å². The van der Waals surface area contributed by atoms with Crippen LogP contribution in [0.4, 0.5) is 13.2 Å². The van der Waals surface area contributed by atoms with E-state index >= 15 is 0 Å². The molecule has 0 radical (unpaired) electrons. The first-order valence-electron chi connectivity index (χ1n) is 5.92. The van der Waals surface area contributed by atoms with Crippen molar-refractivity contribution in [3.63, 3.8) is 0 Å². The SMILES string of the molecule is NCCC(CCc1ccc(Cl)cc1)CC(F)(F)F. The van der Waals surface area contributed by atoms with E-state index in [1.807, 2.05) is 12.1 Å². The molecule has 0 saturated carbocycles. The van der Waals surface area contributed by atoms with E-state index in [4.69, 9.17) is 17.3 Å². The molecule has 0 saturated heterocycles. The Hall–Kier alpha value is -0.740. The highest BCUT2D eigenvalue weighted by Crippen LogP contribution is 2.29. The Morgan fingerprint density at radius 2 is 1.72 bits per heavy atom. The average molecular weight is 280 g/mol. The Labute approximate surface area is 110 Å². The fourth-order valence-corrected chi connectivity index (χ4v) is 2.06. The number of halogens is 4. The largest absolute Gasteiger partial charge is 0.389 e. The Balaban J connectivity index is 2.48. The number of nitrogens with two attached hydrogens (primary N) is 1. The molecule has 0 bridgehead atoms. The van der Waals surface area contributed by atoms with Crippen LogP contribution >= 0.6 is 11.6 Å². The van der Waals surface area contributed by atoms with Crippen molar-refractivity contribution < 1.29 is 13.2 Å². The van der Waals surface area contributed by atoms with Crippen molar-refractivity contribution in [2.75, 3.05) is 6.54 Å². The predicted molar refractivity (Wildman–Crippen MR) is 67.6 cm³/mol. The van der Waals surface area contributed by atoms with Gasteiger partial charge >= 0.3 is 6.18 Å². The van der Waals surface area contributed by atoms with Gasteiger partial charge in [-0.2, -0.15) is 13.2 Å². The molecule has 1 atom stereocenters. The number of rotatable bonds is 6. The fourth-order valence-electron chi connectivity index (χ4n) is 1.93. The second-order valence-corrected chi connectivity index (χ2v) is 4.86. The molecule has 0 aliphatic rings. The minimum Gasteiger partial charge on any atom is -0.330 e. The zero-order valence-corrected chi connectivity index (χ0v) is 10.8. The van der Waals surface area contributed by atoms with Gasteiger partial charge in [0.25, 0.3) is 0 Å². The number of benzene rings is 1. The van der Waals surface area contributed by atoms with Crippen LogP contribution in [0.2, 0.25) is 5.02 Å². The fraction of sp³-hybridized carbons (Fsp3) is 0.538. The minimum absolute atomic E-state index is 0.293. The maximum absolute atomic E-state index is 12.3. The van der Waals surface area contributed by atoms with Gasteiger partial charge in [0, 0.05) is 11.4 Å². The average Bonchev–Trinajstić information content (AvgIpc) is 2.26. The summed E-state index contributed by atoms with van der Waals surface area (Å²) in [6.45, 7) is 0.293. The molecule has 1 unspecified atom stereocenters. The first-order valence-corrected chi connectivity index (χ1v) is 6.30. The van der Waals surface area contributed by atoms with Crippen molar-refractivity contribution in [1.29, 1.82) is 0 Å². The predicted octanol–water partition coefficient (Wildman–Crippen LogP) is 4.19. The van der Waals surface area contributed by atoms with Crippen molar-refractivity contribution in [2.45, 2.75) is 31.9 Å². The van der Waals surface area contributed by atoms with Gasteiger partial charge in [0.2, 0.25) is 0 Å². The van der Waals surface area contributed by atoms with Crippen molar-refractivity contribution in [2.24, 2.45) is 11.7 Å². The van der Waals surface area contributed by atoms with E-state index in [9.17, 15) is 13.2 Å². The molecule has 0 aliphatic heterocycles. The van der Waals surface area contributed by atoms with Crippen LogP contribution in [0.15, 0.2) is 24.3 Å². The van der Waals surface area contributed by atoms with Gasteiger partial charge in [-0.05, 0) is 49.4 Å². The van der Waals surface area contributed by atoms with E-state index in [1.54, 1.807) is 12.1 Å². The number of alkyl halides is 3. The topological polar surface area (TPSA) is 26.0 Å². The van der Waals surface area contributed by atoms with Crippen LogP contribution in [0, 0.1) is 5.92 Å². The Bertz CT molecular complexity index is 348. The number of hydrogen-bond donors (Lipinski definition) is 1. The lowest BCUT2D eigenvalue weighted by molar-refractivity contribution is -0.145. The van der Waals surface area contributed by atoms with Gasteiger partial charge in [-0.3, -0.25) is 0 Å². The van der Waals surface area contributed by atoms with Gasteiger partial charge in [-0.25, -0.2) is 0 Å². The standard InChI is InChI=1S/C13H17ClF3N/c14-12-5-3-10(4-6-12)1-2-11(7-8-18)9-13(15,16)17/h3-6,11H,1-2,7-9,18H2. The highest BCUT2D eigenvalue weighted by molar-refractivity contribution is 6.30. The molecule has 0 spiro atoms. The maximum Gasteiger partial charge on any atom is 0.389 e. The van der Waals surface area contributed by atoms with E-state index in [-0.39, 0.29) is 0 Å². The molecular formula is C13H17ClF3N. The molecule has 102 valence electrons. The summed E-state index contributed by atoms with van der Waals surface area (Å²) in [5.41, 5.74) is 6.36. The molecule has 0 fully saturated rings. The van der Waals surface area contributed by atoms with Gasteiger partial charge in [0.05, 0.1) is 0 Å². The van der Waals surface area contributed by atoms with Crippen molar-refractivity contribution in [3.8, 4) is 0 Å². The number of aryl methyl sites for hydroxylation is 1. The molecule has 1 nitrogen and oxygen atoms in total. The van der Waals surface area contributed by atoms with Gasteiger partial charge in [0.1, 0.15) is 0 Å². The molecular weight excluding hydrogens is 263 g/mol. The van der Waals surface area contributed by atoms with Crippen molar-refractivity contribution >= 4 is 11.6 Å². The van der Waals surface area contributed by atoms with Crippen LogP contribution in [-0.2, 0) is 6.42 Å². The van der Waals surface area contributed by atoms with Crippen molar-refractivity contribution in [3.05, 3.63) is 34.9 Å². The lowest BCUT2D eigenvalue weighted by Crippen LogP contribution is -2.18. The molecule has 1 aromatic carbocycles. The van der Waals surface area contributed by atoms with Crippen LogP contribution in [0.25, 0.3) is 0 Å². The molecule has 1 rings (SSSR count). The smallest absolute Gasteiger partial charge is 0.330 e. The maximum atomic E-state index is 12.3. The summed E-state index contributed by atoms with van der Waals surface area (Å²) in [7, 11) is 0. The molecule has 0 aromatic heterocycles. The second-order valence-electron chi connectivity index (χ2n) is 4.43. The van der Waals surface area contributed by atoms with Gasteiger partial charge in [-0.1, -0.05) is 23.7 Å². The highest BCUT2D eigenvalue weighted by Gasteiger charge is 2.31. The molecule has 18 heavy (non-hydrogen) atoms. The Morgan fingerprint density at radius 3 is 2.22 bits per heavy atom. The zero-order chi connectivity index (χ0) is 13.6. The van der Waals surface area contributed by atoms with Gasteiger partial charge in [0.15, 0.2) is 0 Å². The first-order chi connectivity index (χ1) is 8.40. The highest BCUT2D eigenvalue weighted by atomic mass is 35.5. The van der Waals surface area contributed by atoms with Crippen molar-refractivity contribution in [1.82, 2.24) is 0 Å². The summed E-state index contributed by atoms with van der Waals surface area (Å²) >= 11 is 5.75. The summed E-state index contributed by atoms with van der Waals surface area (Å²) in [6.07, 6.45) is -3.33. The zero-order valence-electron chi connectivity index (χ0n) is 10.0. The van der Waals surface area contributed by atoms with E-state index < -0.39 is 18.5 Å². The summed E-state index contributed by atoms with van der Waals surface area (Å²) in [5, 5.41) is 0.632. The molecule has 1 aromatic rings. The monoisotopic (exact) mass is 279 g/mol. The molecule has 0 aliphatic carbocycles. The minimum atomic E-state index is -4.11. The summed E-state index contributed by atoms with van der Waals surface area (Å²) in [6, 6.07) is 7.18. The molecule has 2 N–H and O–H groups in total. The lowest BCUT2D eigenvalue weighted by Gasteiger charge is -2.17. The Morgan fingerprint density at radius 1 is 1.11 bits per heavy atom. The van der Waals surface area contributed by atoms with E-state index in [0.29, 0.717) is 30.8 Å². The summed E-state index contributed by atoms with van der Waals surface area (Å²) in [4.78, 5) is 0. The molecule has 0 amide bonds. The van der Waals surface area contributed by atoms with Crippen LogP contribution in [0.1, 0.15) is 24.8 Å². The first kappa shape index (κ1) is 15.3. The third kappa shape index (κ3) is 6.26. The van der Waals surface area contributed by atoms with Crippen LogP contribution < -0.4 is 5.73 Å². The summed E-state index contributed by atoms with van der Waals surface area (Å²) < 4.78 is 37.0. The van der Waals surface area contributed by atoms with E-state index in [2.05, 4.69) is 0 Å². The van der Waals surface area contributed by atoms with Gasteiger partial charge in [-0.15, -0.1) is 0 Å². The molecule has 0 heterocycles. The van der Waals surface area contributed by atoms with Gasteiger partial charge < -0.3 is 5.73 Å². The quantitative estimate of drug-likeness (QED) is 0.830. The van der Waals surface area contributed by atoms with E-state index in [0.717, 1.165) is 5.56 Å². The Kier molecular flexibility index (Phi) is 5.96. The molecule has 5 heteroatoms. The van der Waals surface area contributed by atoms with Crippen LogP contribution in [-0.4, -0.2) is 12.7 Å². The van der Waals surface area contributed by atoms with Crippen LogP contribution in [0.5, 0.6) is 0 Å². The van der Waals surface area contributed by atoms with Crippen LogP contribution in [0.3, 0.4) is 0 Å². The second kappa shape index (κ2) is 7.00. The summed E-state index contributed by atoms with van der Waals surface area (Å²) in [5.74, 6) is -0.398.